The largest absolute Gasteiger partial charge is 0.366 e. The summed E-state index contributed by atoms with van der Waals surface area (Å²) in [6.07, 6.45) is 2.75. The Morgan fingerprint density at radius 2 is 1.88 bits per heavy atom. The SMILES string of the molecule is CCN1c2cc(C)c(/C=C3\C(=O)NC(=S)N(c4ccccc4)C3=O)cc2[C@@H](C)CC1(C)C. The summed E-state index contributed by atoms with van der Waals surface area (Å²) in [4.78, 5) is 29.8. The predicted octanol–water partition coefficient (Wildman–Crippen LogP) is 4.94. The number of fused-ring (bicyclic) bond motifs is 1. The highest BCUT2D eigenvalue weighted by atomic mass is 32.1. The number of aryl methyl sites for hydroxylation is 1. The first-order valence-electron chi connectivity index (χ1n) is 11.0. The molecule has 166 valence electrons. The average Bonchev–Trinajstić information content (AvgIpc) is 2.72. The first-order chi connectivity index (χ1) is 15.1. The van der Waals surface area contributed by atoms with E-state index in [1.807, 2.05) is 25.1 Å². The van der Waals surface area contributed by atoms with E-state index in [0.29, 0.717) is 11.6 Å². The van der Waals surface area contributed by atoms with Crippen LogP contribution in [0, 0.1) is 6.92 Å². The van der Waals surface area contributed by atoms with Crippen molar-refractivity contribution in [2.24, 2.45) is 0 Å². The molecule has 0 unspecified atom stereocenters. The second-order valence-corrected chi connectivity index (χ2v) is 9.61. The summed E-state index contributed by atoms with van der Waals surface area (Å²) in [6, 6.07) is 13.5. The Morgan fingerprint density at radius 3 is 2.53 bits per heavy atom. The van der Waals surface area contributed by atoms with Gasteiger partial charge in [-0.2, -0.15) is 0 Å². The molecule has 2 aromatic rings. The Kier molecular flexibility index (Phi) is 5.67. The molecular formula is C26H29N3O2S. The van der Waals surface area contributed by atoms with Crippen molar-refractivity contribution in [2.45, 2.75) is 52.5 Å². The van der Waals surface area contributed by atoms with Gasteiger partial charge in [-0.3, -0.25) is 19.8 Å². The number of carbonyl (C=O) groups excluding carboxylic acids is 2. The van der Waals surface area contributed by atoms with E-state index < -0.39 is 11.8 Å². The molecule has 1 fully saturated rings. The van der Waals surface area contributed by atoms with Crippen LogP contribution in [0.1, 0.15) is 56.7 Å². The zero-order valence-electron chi connectivity index (χ0n) is 19.2. The van der Waals surface area contributed by atoms with Crippen LogP contribution >= 0.6 is 12.2 Å². The molecule has 0 radical (unpaired) electrons. The lowest BCUT2D eigenvalue weighted by Crippen LogP contribution is -2.54. The topological polar surface area (TPSA) is 52.7 Å². The van der Waals surface area contributed by atoms with Gasteiger partial charge in [0.1, 0.15) is 5.57 Å². The molecule has 1 N–H and O–H groups in total. The molecular weight excluding hydrogens is 418 g/mol. The summed E-state index contributed by atoms with van der Waals surface area (Å²) >= 11 is 5.29. The fraction of sp³-hybridized carbons (Fsp3) is 0.346. The molecule has 2 aromatic carbocycles. The van der Waals surface area contributed by atoms with Gasteiger partial charge in [-0.25, -0.2) is 0 Å². The zero-order valence-corrected chi connectivity index (χ0v) is 20.0. The van der Waals surface area contributed by atoms with Crippen molar-refractivity contribution in [3.05, 3.63) is 64.7 Å². The molecule has 2 aliphatic rings. The van der Waals surface area contributed by atoms with Gasteiger partial charge in [-0.1, -0.05) is 25.1 Å². The van der Waals surface area contributed by atoms with E-state index >= 15 is 0 Å². The van der Waals surface area contributed by atoms with E-state index in [2.05, 4.69) is 50.0 Å². The molecule has 5 nitrogen and oxygen atoms in total. The van der Waals surface area contributed by atoms with E-state index in [0.717, 1.165) is 24.1 Å². The van der Waals surface area contributed by atoms with Crippen LogP contribution in [0.25, 0.3) is 6.08 Å². The molecule has 0 spiro atoms. The van der Waals surface area contributed by atoms with Crippen molar-refractivity contribution < 1.29 is 9.59 Å². The van der Waals surface area contributed by atoms with Crippen molar-refractivity contribution in [3.63, 3.8) is 0 Å². The molecule has 2 heterocycles. The van der Waals surface area contributed by atoms with Crippen LogP contribution in [0.15, 0.2) is 48.0 Å². The van der Waals surface area contributed by atoms with E-state index in [1.165, 1.54) is 16.2 Å². The molecule has 0 aliphatic carbocycles. The van der Waals surface area contributed by atoms with Crippen LogP contribution in [0.5, 0.6) is 0 Å². The first kappa shape index (κ1) is 22.2. The number of thiocarbonyl (C=S) groups is 1. The van der Waals surface area contributed by atoms with Crippen molar-refractivity contribution in [2.75, 3.05) is 16.3 Å². The average molecular weight is 448 g/mol. The Hall–Kier alpha value is -2.99. The normalized spacial score (nSPS) is 21.6. The third kappa shape index (κ3) is 3.73. The number of benzene rings is 2. The summed E-state index contributed by atoms with van der Waals surface area (Å²) in [5, 5.41) is 2.76. The molecule has 0 aromatic heterocycles. The lowest BCUT2D eigenvalue weighted by molar-refractivity contribution is -0.122. The maximum Gasteiger partial charge on any atom is 0.270 e. The molecule has 2 amide bonds. The van der Waals surface area contributed by atoms with Crippen LogP contribution in [0.2, 0.25) is 0 Å². The monoisotopic (exact) mass is 447 g/mol. The smallest absolute Gasteiger partial charge is 0.270 e. The summed E-state index contributed by atoms with van der Waals surface area (Å²) < 4.78 is 0. The third-order valence-electron chi connectivity index (χ3n) is 6.51. The maximum absolute atomic E-state index is 13.3. The highest BCUT2D eigenvalue weighted by Crippen LogP contribution is 2.44. The molecule has 4 rings (SSSR count). The lowest BCUT2D eigenvalue weighted by atomic mass is 9.79. The van der Waals surface area contributed by atoms with Crippen LogP contribution in [0.4, 0.5) is 11.4 Å². The highest BCUT2D eigenvalue weighted by molar-refractivity contribution is 7.80. The number of hydrogen-bond acceptors (Lipinski definition) is 4. The molecule has 0 saturated carbocycles. The molecule has 1 atom stereocenters. The molecule has 6 heteroatoms. The van der Waals surface area contributed by atoms with E-state index in [4.69, 9.17) is 12.2 Å². The van der Waals surface area contributed by atoms with Gasteiger partial charge in [0.15, 0.2) is 5.11 Å². The van der Waals surface area contributed by atoms with Gasteiger partial charge in [0.2, 0.25) is 0 Å². The number of nitrogens with zero attached hydrogens (tertiary/aromatic N) is 2. The fourth-order valence-corrected chi connectivity index (χ4v) is 5.31. The van der Waals surface area contributed by atoms with Crippen LogP contribution < -0.4 is 15.1 Å². The van der Waals surface area contributed by atoms with Crippen LogP contribution in [0.3, 0.4) is 0 Å². The maximum atomic E-state index is 13.3. The Labute approximate surface area is 195 Å². The number of para-hydroxylation sites is 1. The molecule has 32 heavy (non-hydrogen) atoms. The predicted molar refractivity (Wildman–Crippen MR) is 134 cm³/mol. The quantitative estimate of drug-likeness (QED) is 0.411. The highest BCUT2D eigenvalue weighted by Gasteiger charge is 2.37. The molecule has 1 saturated heterocycles. The second kappa shape index (κ2) is 8.17. The zero-order chi connectivity index (χ0) is 23.2. The van der Waals surface area contributed by atoms with Gasteiger partial charge in [-0.15, -0.1) is 0 Å². The van der Waals surface area contributed by atoms with Crippen LogP contribution in [-0.2, 0) is 9.59 Å². The second-order valence-electron chi connectivity index (χ2n) is 9.22. The van der Waals surface area contributed by atoms with E-state index in [-0.39, 0.29) is 16.2 Å². The minimum Gasteiger partial charge on any atom is -0.366 e. The Balaban J connectivity index is 1.78. The summed E-state index contributed by atoms with van der Waals surface area (Å²) in [6.45, 7) is 11.9. The number of hydrogen-bond donors (Lipinski definition) is 1. The lowest BCUT2D eigenvalue weighted by Gasteiger charge is -2.47. The number of nitrogens with one attached hydrogen (secondary N) is 1. The minimum atomic E-state index is -0.464. The Morgan fingerprint density at radius 1 is 1.19 bits per heavy atom. The number of carbonyl (C=O) groups is 2. The minimum absolute atomic E-state index is 0.0820. The van der Waals surface area contributed by atoms with Gasteiger partial charge in [0, 0.05) is 17.8 Å². The van der Waals surface area contributed by atoms with Gasteiger partial charge in [0.25, 0.3) is 11.8 Å². The number of rotatable bonds is 3. The summed E-state index contributed by atoms with van der Waals surface area (Å²) in [7, 11) is 0. The first-order valence-corrected chi connectivity index (χ1v) is 11.4. The fourth-order valence-electron chi connectivity index (χ4n) is 5.03. The van der Waals surface area contributed by atoms with Gasteiger partial charge < -0.3 is 4.90 Å². The van der Waals surface area contributed by atoms with E-state index in [9.17, 15) is 9.59 Å². The molecule has 2 aliphatic heterocycles. The van der Waals surface area contributed by atoms with Crippen LogP contribution in [-0.4, -0.2) is 29.0 Å². The van der Waals surface area contributed by atoms with E-state index in [1.54, 1.807) is 18.2 Å². The summed E-state index contributed by atoms with van der Waals surface area (Å²) in [5.74, 6) is -0.495. The van der Waals surface area contributed by atoms with Gasteiger partial charge in [-0.05, 0) is 99.3 Å². The number of anilines is 2. The van der Waals surface area contributed by atoms with Crippen molar-refractivity contribution in [1.82, 2.24) is 5.32 Å². The van der Waals surface area contributed by atoms with Crippen molar-refractivity contribution >= 4 is 46.6 Å². The van der Waals surface area contributed by atoms with Crippen molar-refractivity contribution in [3.8, 4) is 0 Å². The Bertz CT molecular complexity index is 1140. The third-order valence-corrected chi connectivity index (χ3v) is 6.79. The summed E-state index contributed by atoms with van der Waals surface area (Å²) in [5.41, 5.74) is 5.20. The molecule has 0 bridgehead atoms. The van der Waals surface area contributed by atoms with Crippen molar-refractivity contribution in [1.29, 1.82) is 0 Å². The number of amides is 2. The van der Waals surface area contributed by atoms with Gasteiger partial charge >= 0.3 is 0 Å². The standard InChI is InChI=1S/C26H29N3O2S/c1-6-28-22-12-16(2)18(13-20(22)17(3)15-26(28,4)5)14-21-23(30)27-25(32)29(24(21)31)19-10-8-7-9-11-19/h7-14,17H,6,15H2,1-5H3,(H,27,30,32)/b21-14+/t17-/m0/s1. The van der Waals surface area contributed by atoms with Gasteiger partial charge in [0.05, 0.1) is 5.69 Å².